The van der Waals surface area contributed by atoms with E-state index in [4.69, 9.17) is 0 Å². The Bertz CT molecular complexity index is 192. The van der Waals surface area contributed by atoms with E-state index in [-0.39, 0.29) is 0 Å². The van der Waals surface area contributed by atoms with Crippen LogP contribution < -0.4 is 0 Å². The first kappa shape index (κ1) is 12.7. The van der Waals surface area contributed by atoms with Gasteiger partial charge in [0, 0.05) is 15.1 Å². The molecule has 0 N–H and O–H groups in total. The van der Waals surface area contributed by atoms with Crippen molar-refractivity contribution in [3.63, 3.8) is 0 Å². The number of allylic oxidation sites excluding steroid dienone is 5. The van der Waals surface area contributed by atoms with Crippen LogP contribution in [0.15, 0.2) is 34.9 Å². The third-order valence-corrected chi connectivity index (χ3v) is 2.86. The lowest BCUT2D eigenvalue weighted by atomic mass is 10.3. The maximum Gasteiger partial charge on any atom is 0.0277 e. The maximum absolute atomic E-state index is 3.83. The maximum atomic E-state index is 3.83. The minimum Gasteiger partial charge on any atom is -0.0950 e. The Hall–Kier alpha value is 0.660. The van der Waals surface area contributed by atoms with Crippen LogP contribution in [0.4, 0.5) is 0 Å². The van der Waals surface area contributed by atoms with Crippen molar-refractivity contribution >= 4 is 47.8 Å². The summed E-state index contributed by atoms with van der Waals surface area (Å²) in [5.74, 6) is 0. The molecule has 3 heteroatoms. The Morgan fingerprint density at radius 2 is 1.92 bits per heavy atom. The summed E-state index contributed by atoms with van der Waals surface area (Å²) in [6.45, 7) is 3.83. The third kappa shape index (κ3) is 7.32. The lowest BCUT2D eigenvalue weighted by Crippen LogP contribution is -1.74. The monoisotopic (exact) mass is 356 g/mol. The highest BCUT2D eigenvalue weighted by Crippen LogP contribution is 2.10. The largest absolute Gasteiger partial charge is 0.0950 e. The highest BCUT2D eigenvalue weighted by Gasteiger charge is 1.85. The molecule has 0 fully saturated rings. The van der Waals surface area contributed by atoms with Crippen LogP contribution in [0.1, 0.15) is 6.42 Å². The van der Waals surface area contributed by atoms with Gasteiger partial charge in [0.1, 0.15) is 0 Å². The summed E-state index contributed by atoms with van der Waals surface area (Å²) in [5, 5.41) is 1.82. The fourth-order valence-electron chi connectivity index (χ4n) is 0.502. The first-order valence-electron chi connectivity index (χ1n) is 3.54. The van der Waals surface area contributed by atoms with Gasteiger partial charge < -0.3 is 0 Å². The lowest BCUT2D eigenvalue weighted by Gasteiger charge is -1.91. The molecule has 0 aliphatic carbocycles. The van der Waals surface area contributed by atoms with Gasteiger partial charge in [-0.05, 0) is 18.1 Å². The van der Waals surface area contributed by atoms with Gasteiger partial charge in [0.2, 0.25) is 0 Å². The van der Waals surface area contributed by atoms with E-state index in [2.05, 4.69) is 60.4 Å². The Morgan fingerprint density at radius 3 is 2.42 bits per heavy atom. The van der Waals surface area contributed by atoms with Gasteiger partial charge in [-0.1, -0.05) is 66.5 Å². The number of hydrogen-bond acceptors (Lipinski definition) is 0. The van der Waals surface area contributed by atoms with Gasteiger partial charge in [-0.25, -0.2) is 0 Å². The van der Waals surface area contributed by atoms with E-state index >= 15 is 0 Å². The van der Waals surface area contributed by atoms with Crippen LogP contribution in [0.25, 0.3) is 0 Å². The molecule has 0 saturated heterocycles. The Balaban J connectivity index is 3.89. The standard InChI is InChI=1S/C9H11Br3/c1-8(7-11)4-5-9(12)3-2-6-10/h3-5H,1-2,6-7H2/b5-4-,9-3+. The molecule has 0 spiro atoms. The van der Waals surface area contributed by atoms with Gasteiger partial charge in [0.25, 0.3) is 0 Å². The van der Waals surface area contributed by atoms with Gasteiger partial charge in [-0.3, -0.25) is 0 Å². The van der Waals surface area contributed by atoms with E-state index in [9.17, 15) is 0 Å². The van der Waals surface area contributed by atoms with Gasteiger partial charge in [-0.2, -0.15) is 0 Å². The lowest BCUT2D eigenvalue weighted by molar-refractivity contribution is 1.26. The van der Waals surface area contributed by atoms with Crippen LogP contribution in [0, 0.1) is 0 Å². The van der Waals surface area contributed by atoms with Crippen molar-refractivity contribution in [3.8, 4) is 0 Å². The van der Waals surface area contributed by atoms with E-state index in [1.54, 1.807) is 0 Å². The molecule has 0 radical (unpaired) electrons. The summed E-state index contributed by atoms with van der Waals surface area (Å²) in [6.07, 6.45) is 7.15. The zero-order chi connectivity index (χ0) is 9.40. The van der Waals surface area contributed by atoms with E-state index < -0.39 is 0 Å². The summed E-state index contributed by atoms with van der Waals surface area (Å²) in [7, 11) is 0. The van der Waals surface area contributed by atoms with Crippen LogP contribution >= 0.6 is 47.8 Å². The smallest absolute Gasteiger partial charge is 0.0277 e. The normalized spacial score (nSPS) is 12.4. The molecule has 0 nitrogen and oxygen atoms in total. The summed E-state index contributed by atoms with van der Waals surface area (Å²) < 4.78 is 1.10. The molecule has 0 unspecified atom stereocenters. The summed E-state index contributed by atoms with van der Waals surface area (Å²) in [4.78, 5) is 0. The zero-order valence-electron chi connectivity index (χ0n) is 6.69. The molecular formula is C9H11Br3. The minimum absolute atomic E-state index is 0.822. The highest BCUT2D eigenvalue weighted by atomic mass is 79.9. The van der Waals surface area contributed by atoms with Crippen molar-refractivity contribution in [1.82, 2.24) is 0 Å². The minimum atomic E-state index is 0.822. The van der Waals surface area contributed by atoms with Crippen LogP contribution in [-0.2, 0) is 0 Å². The molecule has 0 aromatic carbocycles. The van der Waals surface area contributed by atoms with E-state index in [1.807, 2.05) is 12.2 Å². The number of halogens is 3. The predicted molar refractivity (Wildman–Crippen MR) is 67.5 cm³/mol. The van der Waals surface area contributed by atoms with Gasteiger partial charge in [0.05, 0.1) is 0 Å². The van der Waals surface area contributed by atoms with Crippen LogP contribution in [0.5, 0.6) is 0 Å². The molecule has 0 aromatic rings. The summed E-state index contributed by atoms with van der Waals surface area (Å²) >= 11 is 10.1. The second-order valence-corrected chi connectivity index (χ2v) is 4.46. The molecule has 68 valence electrons. The van der Waals surface area contributed by atoms with Crippen molar-refractivity contribution < 1.29 is 0 Å². The first-order chi connectivity index (χ1) is 5.70. The van der Waals surface area contributed by atoms with Crippen molar-refractivity contribution in [1.29, 1.82) is 0 Å². The quantitative estimate of drug-likeness (QED) is 0.499. The Morgan fingerprint density at radius 1 is 1.25 bits per heavy atom. The number of rotatable bonds is 5. The molecule has 0 rings (SSSR count). The molecule has 0 heterocycles. The molecule has 0 amide bonds. The topological polar surface area (TPSA) is 0 Å². The van der Waals surface area contributed by atoms with Gasteiger partial charge in [0.15, 0.2) is 0 Å². The van der Waals surface area contributed by atoms with Crippen molar-refractivity contribution in [2.45, 2.75) is 6.42 Å². The fraction of sp³-hybridized carbons (Fsp3) is 0.333. The molecule has 0 aromatic heterocycles. The summed E-state index contributed by atoms with van der Waals surface area (Å²) in [6, 6.07) is 0. The van der Waals surface area contributed by atoms with Crippen LogP contribution in [-0.4, -0.2) is 10.7 Å². The summed E-state index contributed by atoms with van der Waals surface area (Å²) in [5.41, 5.74) is 1.07. The van der Waals surface area contributed by atoms with Gasteiger partial charge in [-0.15, -0.1) is 0 Å². The SMILES string of the molecule is C=C(/C=C\C(Br)=C/CCBr)CBr. The van der Waals surface area contributed by atoms with Crippen molar-refractivity contribution in [2.75, 3.05) is 10.7 Å². The molecular weight excluding hydrogens is 348 g/mol. The molecule has 0 aliphatic rings. The highest BCUT2D eigenvalue weighted by molar-refractivity contribution is 9.12. The zero-order valence-corrected chi connectivity index (χ0v) is 11.5. The average Bonchev–Trinajstić information content (AvgIpc) is 2.10. The molecule has 12 heavy (non-hydrogen) atoms. The van der Waals surface area contributed by atoms with E-state index in [0.29, 0.717) is 0 Å². The second kappa shape index (κ2) is 8.27. The first-order valence-corrected chi connectivity index (χ1v) is 6.57. The van der Waals surface area contributed by atoms with Crippen molar-refractivity contribution in [3.05, 3.63) is 34.9 Å². The number of alkyl halides is 2. The van der Waals surface area contributed by atoms with Crippen LogP contribution in [0.2, 0.25) is 0 Å². The second-order valence-electron chi connectivity index (χ2n) is 2.19. The molecule has 0 bridgehead atoms. The predicted octanol–water partition coefficient (Wildman–Crippen LogP) is 4.56. The fourth-order valence-corrected chi connectivity index (χ4v) is 1.28. The molecule has 0 saturated carbocycles. The Kier molecular flexibility index (Phi) is 8.72. The molecule has 0 atom stereocenters. The van der Waals surface area contributed by atoms with Crippen LogP contribution in [0.3, 0.4) is 0 Å². The number of hydrogen-bond donors (Lipinski definition) is 0. The Labute approximate surface area is 99.2 Å². The third-order valence-electron chi connectivity index (χ3n) is 1.10. The van der Waals surface area contributed by atoms with E-state index in [0.717, 1.165) is 27.1 Å². The van der Waals surface area contributed by atoms with Crippen molar-refractivity contribution in [2.24, 2.45) is 0 Å². The average molecular weight is 359 g/mol. The molecule has 0 aliphatic heterocycles. The van der Waals surface area contributed by atoms with E-state index in [1.165, 1.54) is 0 Å². The van der Waals surface area contributed by atoms with Gasteiger partial charge >= 0.3 is 0 Å².